The predicted octanol–water partition coefficient (Wildman–Crippen LogP) is 3.39. The van der Waals surface area contributed by atoms with Crippen LogP contribution < -0.4 is 10.1 Å². The average molecular weight is 380 g/mol. The largest absolute Gasteiger partial charge is 0.488 e. The van der Waals surface area contributed by atoms with E-state index in [0.717, 1.165) is 38.9 Å². The Morgan fingerprint density at radius 2 is 1.91 bits per heavy atom. The lowest BCUT2D eigenvalue weighted by atomic mass is 9.97. The molecule has 0 spiro atoms. The van der Waals surface area contributed by atoms with E-state index in [1.165, 1.54) is 0 Å². The topological polar surface area (TPSA) is 41.6 Å². The highest BCUT2D eigenvalue weighted by Crippen LogP contribution is 2.28. The van der Waals surface area contributed by atoms with Crippen LogP contribution in [0.4, 0.5) is 0 Å². The van der Waals surface area contributed by atoms with Crippen molar-refractivity contribution in [3.63, 3.8) is 0 Å². The first kappa shape index (κ1) is 18.7. The maximum Gasteiger partial charge on any atom is 0.225 e. The Balaban J connectivity index is 0.00000192. The Morgan fingerprint density at radius 1 is 1.17 bits per heavy atom. The number of carbonyl (C=O) groups is 1. The van der Waals surface area contributed by atoms with Crippen LogP contribution in [0.15, 0.2) is 18.2 Å². The summed E-state index contributed by atoms with van der Waals surface area (Å²) in [4.78, 5) is 14.4. The monoisotopic (exact) mass is 378 g/mol. The molecule has 2 aliphatic rings. The van der Waals surface area contributed by atoms with Crippen molar-refractivity contribution in [1.29, 1.82) is 0 Å². The summed E-state index contributed by atoms with van der Waals surface area (Å²) in [5.74, 6) is 1.15. The molecule has 0 saturated carbocycles. The number of hydrogen-bond donors (Lipinski definition) is 1. The van der Waals surface area contributed by atoms with Gasteiger partial charge >= 0.3 is 0 Å². The summed E-state index contributed by atoms with van der Waals surface area (Å²) < 4.78 is 5.93. The van der Waals surface area contributed by atoms with Gasteiger partial charge in [0.05, 0.1) is 16.6 Å². The summed E-state index contributed by atoms with van der Waals surface area (Å²) in [7, 11) is 0. The third-order valence-electron chi connectivity index (χ3n) is 4.34. The predicted molar refractivity (Wildman–Crippen MR) is 94.9 cm³/mol. The maximum atomic E-state index is 12.5. The van der Waals surface area contributed by atoms with Crippen molar-refractivity contribution in [3.05, 3.63) is 28.2 Å². The minimum absolute atomic E-state index is 0. The van der Waals surface area contributed by atoms with Crippen LogP contribution in [0.1, 0.15) is 19.3 Å². The van der Waals surface area contributed by atoms with Crippen LogP contribution in [0.25, 0.3) is 0 Å². The minimum atomic E-state index is 0. The molecule has 0 bridgehead atoms. The van der Waals surface area contributed by atoms with Gasteiger partial charge in [-0.2, -0.15) is 0 Å². The summed E-state index contributed by atoms with van der Waals surface area (Å²) in [6.45, 7) is 3.30. The molecule has 1 unspecified atom stereocenters. The van der Waals surface area contributed by atoms with Gasteiger partial charge in [-0.25, -0.2) is 0 Å². The fraction of sp³-hybridized carbons (Fsp3) is 0.562. The van der Waals surface area contributed by atoms with Crippen LogP contribution in [-0.4, -0.2) is 43.1 Å². The first-order valence-corrected chi connectivity index (χ1v) is 8.50. The van der Waals surface area contributed by atoms with E-state index < -0.39 is 0 Å². The van der Waals surface area contributed by atoms with Gasteiger partial charge in [-0.1, -0.05) is 23.2 Å². The van der Waals surface area contributed by atoms with Crippen molar-refractivity contribution in [2.24, 2.45) is 5.92 Å². The number of ether oxygens (including phenoxy) is 1. The van der Waals surface area contributed by atoms with Crippen LogP contribution in [0.3, 0.4) is 0 Å². The SMILES string of the molecule is Cl.O=C(C1CCNCC1)N1CCC(Oc2ccc(Cl)c(Cl)c2)C1. The molecule has 2 heterocycles. The van der Waals surface area contributed by atoms with Gasteiger partial charge in [-0.15, -0.1) is 12.4 Å². The molecular formula is C16H21Cl3N2O2. The molecule has 0 aliphatic carbocycles. The highest BCUT2D eigenvalue weighted by atomic mass is 35.5. The molecule has 23 heavy (non-hydrogen) atoms. The fourth-order valence-corrected chi connectivity index (χ4v) is 3.38. The van der Waals surface area contributed by atoms with Gasteiger partial charge in [-0.3, -0.25) is 4.79 Å². The fourth-order valence-electron chi connectivity index (χ4n) is 3.09. The van der Waals surface area contributed by atoms with Crippen molar-refractivity contribution in [1.82, 2.24) is 10.2 Å². The molecule has 128 valence electrons. The standard InChI is InChI=1S/C16H20Cl2N2O2.ClH/c17-14-2-1-12(9-15(14)18)22-13-5-8-20(10-13)16(21)11-3-6-19-7-4-11;/h1-2,9,11,13,19H,3-8,10H2;1H. The van der Waals surface area contributed by atoms with Gasteiger partial charge in [0.2, 0.25) is 5.91 Å². The molecule has 1 aromatic carbocycles. The first-order valence-electron chi connectivity index (χ1n) is 7.74. The lowest BCUT2D eigenvalue weighted by Gasteiger charge is -2.26. The Hall–Kier alpha value is -0.680. The number of likely N-dealkylation sites (tertiary alicyclic amines) is 1. The van der Waals surface area contributed by atoms with Crippen LogP contribution in [0, 0.1) is 5.92 Å². The zero-order chi connectivity index (χ0) is 15.5. The van der Waals surface area contributed by atoms with Crippen molar-refractivity contribution in [3.8, 4) is 5.75 Å². The Labute approximate surface area is 152 Å². The number of piperidine rings is 1. The van der Waals surface area contributed by atoms with E-state index in [0.29, 0.717) is 22.3 Å². The third kappa shape index (κ3) is 4.66. The number of rotatable bonds is 3. The molecule has 3 rings (SSSR count). The van der Waals surface area contributed by atoms with Gasteiger partial charge in [0.15, 0.2) is 0 Å². The molecule has 7 heteroatoms. The number of amides is 1. The molecule has 2 fully saturated rings. The van der Waals surface area contributed by atoms with Crippen molar-refractivity contribution in [2.75, 3.05) is 26.2 Å². The molecule has 1 amide bonds. The molecule has 0 radical (unpaired) electrons. The van der Waals surface area contributed by atoms with Crippen LogP contribution >= 0.6 is 35.6 Å². The molecular weight excluding hydrogens is 359 g/mol. The third-order valence-corrected chi connectivity index (χ3v) is 5.08. The second kappa shape index (κ2) is 8.43. The first-order chi connectivity index (χ1) is 10.6. The number of benzene rings is 1. The Morgan fingerprint density at radius 3 is 2.61 bits per heavy atom. The Bertz CT molecular complexity index is 550. The van der Waals surface area contributed by atoms with Gasteiger partial charge < -0.3 is 15.0 Å². The van der Waals surface area contributed by atoms with Crippen molar-refractivity contribution >= 4 is 41.5 Å². The molecule has 2 saturated heterocycles. The van der Waals surface area contributed by atoms with E-state index in [9.17, 15) is 4.79 Å². The molecule has 1 atom stereocenters. The summed E-state index contributed by atoms with van der Waals surface area (Å²) in [5.41, 5.74) is 0. The summed E-state index contributed by atoms with van der Waals surface area (Å²) in [6.07, 6.45) is 2.76. The maximum absolute atomic E-state index is 12.5. The van der Waals surface area contributed by atoms with Gasteiger partial charge in [0, 0.05) is 24.9 Å². The normalized spacial score (nSPS) is 21.8. The van der Waals surface area contributed by atoms with Gasteiger partial charge in [-0.05, 0) is 38.1 Å². The van der Waals surface area contributed by atoms with E-state index in [-0.39, 0.29) is 30.3 Å². The number of nitrogens with zero attached hydrogens (tertiary/aromatic N) is 1. The lowest BCUT2D eigenvalue weighted by molar-refractivity contribution is -0.135. The average Bonchev–Trinajstić information content (AvgIpc) is 2.99. The van der Waals surface area contributed by atoms with E-state index >= 15 is 0 Å². The Kier molecular flexibility index (Phi) is 6.84. The zero-order valence-electron chi connectivity index (χ0n) is 12.8. The highest BCUT2D eigenvalue weighted by Gasteiger charge is 2.32. The number of carbonyl (C=O) groups excluding carboxylic acids is 1. The van der Waals surface area contributed by atoms with E-state index in [4.69, 9.17) is 27.9 Å². The van der Waals surface area contributed by atoms with E-state index in [1.54, 1.807) is 12.1 Å². The number of nitrogens with one attached hydrogen (secondary N) is 1. The summed E-state index contributed by atoms with van der Waals surface area (Å²) in [6, 6.07) is 5.26. The molecule has 2 aliphatic heterocycles. The second-order valence-electron chi connectivity index (χ2n) is 5.91. The molecule has 4 nitrogen and oxygen atoms in total. The van der Waals surface area contributed by atoms with Crippen LogP contribution in [0.5, 0.6) is 5.75 Å². The minimum Gasteiger partial charge on any atom is -0.488 e. The summed E-state index contributed by atoms with van der Waals surface area (Å²) in [5, 5.41) is 4.30. The highest BCUT2D eigenvalue weighted by molar-refractivity contribution is 6.42. The van der Waals surface area contributed by atoms with E-state index in [2.05, 4.69) is 5.32 Å². The quantitative estimate of drug-likeness (QED) is 0.875. The lowest BCUT2D eigenvalue weighted by Crippen LogP contribution is -2.40. The summed E-state index contributed by atoms with van der Waals surface area (Å²) >= 11 is 11.9. The van der Waals surface area contributed by atoms with Crippen LogP contribution in [-0.2, 0) is 4.79 Å². The smallest absolute Gasteiger partial charge is 0.225 e. The van der Waals surface area contributed by atoms with Gasteiger partial charge in [0.1, 0.15) is 11.9 Å². The van der Waals surface area contributed by atoms with Crippen molar-refractivity contribution in [2.45, 2.75) is 25.4 Å². The molecule has 1 aromatic rings. The molecule has 0 aromatic heterocycles. The number of halogens is 3. The van der Waals surface area contributed by atoms with E-state index in [1.807, 2.05) is 11.0 Å². The zero-order valence-corrected chi connectivity index (χ0v) is 15.1. The van der Waals surface area contributed by atoms with Crippen molar-refractivity contribution < 1.29 is 9.53 Å². The second-order valence-corrected chi connectivity index (χ2v) is 6.73. The van der Waals surface area contributed by atoms with Gasteiger partial charge in [0.25, 0.3) is 0 Å². The number of hydrogen-bond acceptors (Lipinski definition) is 3. The molecule has 1 N–H and O–H groups in total. The van der Waals surface area contributed by atoms with Crippen LogP contribution in [0.2, 0.25) is 10.0 Å².